The highest BCUT2D eigenvalue weighted by Crippen LogP contribution is 2.14. The number of nitrogens with zero attached hydrogens (tertiary/aromatic N) is 2. The Morgan fingerprint density at radius 1 is 1.42 bits per heavy atom. The number of halogens is 1. The summed E-state index contributed by atoms with van der Waals surface area (Å²) in [7, 11) is 1.74. The van der Waals surface area contributed by atoms with Crippen LogP contribution in [0.1, 0.15) is 10.7 Å². The molecule has 0 spiro atoms. The van der Waals surface area contributed by atoms with Crippen LogP contribution >= 0.6 is 22.9 Å². The number of anilines is 1. The van der Waals surface area contributed by atoms with Crippen LogP contribution < -0.4 is 5.32 Å². The molecule has 0 saturated heterocycles. The molecule has 4 nitrogen and oxygen atoms in total. The number of carbonyl (C=O) groups excluding carboxylic acids is 1. The number of aromatic nitrogens is 1. The molecule has 6 heteroatoms. The normalized spacial score (nSPS) is 10.3. The van der Waals surface area contributed by atoms with Crippen molar-refractivity contribution in [3.05, 3.63) is 45.4 Å². The van der Waals surface area contributed by atoms with Crippen LogP contribution in [0.5, 0.6) is 0 Å². The average Bonchev–Trinajstić information content (AvgIpc) is 2.77. The van der Waals surface area contributed by atoms with E-state index in [9.17, 15) is 4.79 Å². The van der Waals surface area contributed by atoms with Crippen molar-refractivity contribution >= 4 is 34.7 Å². The standard InChI is InChI=1S/C13H14ClN3OS/c1-9-15-12(8-19-9)7-17(2)13(18)16-11-5-3-10(14)4-6-11/h3-6,8H,7H2,1-2H3,(H,16,18). The highest BCUT2D eigenvalue weighted by molar-refractivity contribution is 7.09. The lowest BCUT2D eigenvalue weighted by Crippen LogP contribution is -2.30. The largest absolute Gasteiger partial charge is 0.322 e. The Morgan fingerprint density at radius 2 is 2.11 bits per heavy atom. The van der Waals surface area contributed by atoms with Crippen LogP contribution in [0, 0.1) is 6.92 Å². The van der Waals surface area contributed by atoms with E-state index in [4.69, 9.17) is 11.6 Å². The second-order valence-corrected chi connectivity index (χ2v) is 5.65. The van der Waals surface area contributed by atoms with Gasteiger partial charge in [-0.15, -0.1) is 11.3 Å². The van der Waals surface area contributed by atoms with Gasteiger partial charge in [-0.25, -0.2) is 9.78 Å². The van der Waals surface area contributed by atoms with Gasteiger partial charge in [-0.2, -0.15) is 0 Å². The van der Waals surface area contributed by atoms with Gasteiger partial charge in [0.1, 0.15) is 0 Å². The van der Waals surface area contributed by atoms with Gasteiger partial charge in [-0.05, 0) is 31.2 Å². The fraction of sp³-hybridized carbons (Fsp3) is 0.231. The fourth-order valence-corrected chi connectivity index (χ4v) is 2.28. The van der Waals surface area contributed by atoms with Crippen LogP contribution in [0.2, 0.25) is 5.02 Å². The van der Waals surface area contributed by atoms with Gasteiger partial charge < -0.3 is 10.2 Å². The first-order valence-corrected chi connectivity index (χ1v) is 6.99. The molecule has 19 heavy (non-hydrogen) atoms. The molecule has 0 aliphatic rings. The summed E-state index contributed by atoms with van der Waals surface area (Å²) >= 11 is 7.37. The SMILES string of the molecule is Cc1nc(CN(C)C(=O)Nc2ccc(Cl)cc2)cs1. The van der Waals surface area contributed by atoms with Crippen molar-refractivity contribution in [2.45, 2.75) is 13.5 Å². The maximum Gasteiger partial charge on any atom is 0.321 e. The summed E-state index contributed by atoms with van der Waals surface area (Å²) in [4.78, 5) is 17.9. The topological polar surface area (TPSA) is 45.2 Å². The van der Waals surface area contributed by atoms with Crippen LogP contribution in [0.15, 0.2) is 29.6 Å². The number of hydrogen-bond donors (Lipinski definition) is 1. The Bertz CT molecular complexity index is 568. The number of amides is 2. The van der Waals surface area contributed by atoms with Crippen LogP contribution in [-0.2, 0) is 6.54 Å². The molecule has 1 heterocycles. The molecule has 0 unspecified atom stereocenters. The zero-order chi connectivity index (χ0) is 13.8. The Hall–Kier alpha value is -1.59. The lowest BCUT2D eigenvalue weighted by Gasteiger charge is -2.16. The van der Waals surface area contributed by atoms with Gasteiger partial charge in [0.25, 0.3) is 0 Å². The molecule has 2 amide bonds. The second kappa shape index (κ2) is 6.04. The number of hydrogen-bond acceptors (Lipinski definition) is 3. The van der Waals surface area contributed by atoms with Crippen molar-refractivity contribution in [1.29, 1.82) is 0 Å². The van der Waals surface area contributed by atoms with Crippen molar-refractivity contribution in [3.8, 4) is 0 Å². The molecule has 0 aliphatic heterocycles. The minimum Gasteiger partial charge on any atom is -0.322 e. The van der Waals surface area contributed by atoms with Gasteiger partial charge in [-0.1, -0.05) is 11.6 Å². The minimum atomic E-state index is -0.173. The van der Waals surface area contributed by atoms with Crippen molar-refractivity contribution in [2.75, 3.05) is 12.4 Å². The number of aryl methyl sites for hydroxylation is 1. The lowest BCUT2D eigenvalue weighted by molar-refractivity contribution is 0.220. The maximum atomic E-state index is 12.0. The summed E-state index contributed by atoms with van der Waals surface area (Å²) in [6.07, 6.45) is 0. The first kappa shape index (κ1) is 13.8. The Balaban J connectivity index is 1.94. The molecule has 0 bridgehead atoms. The first-order valence-electron chi connectivity index (χ1n) is 5.73. The predicted octanol–water partition coefficient (Wildman–Crippen LogP) is 3.77. The predicted molar refractivity (Wildman–Crippen MR) is 78.8 cm³/mol. The number of benzene rings is 1. The van der Waals surface area contributed by atoms with E-state index in [1.165, 1.54) is 0 Å². The zero-order valence-corrected chi connectivity index (χ0v) is 12.3. The molecular formula is C13H14ClN3OS. The van der Waals surface area contributed by atoms with E-state index >= 15 is 0 Å². The van der Waals surface area contributed by atoms with Crippen molar-refractivity contribution < 1.29 is 4.79 Å². The highest BCUT2D eigenvalue weighted by Gasteiger charge is 2.10. The maximum absolute atomic E-state index is 12.0. The molecule has 0 saturated carbocycles. The smallest absolute Gasteiger partial charge is 0.321 e. The third-order valence-electron chi connectivity index (χ3n) is 2.51. The molecule has 0 radical (unpaired) electrons. The van der Waals surface area contributed by atoms with Crippen LogP contribution in [0.3, 0.4) is 0 Å². The molecule has 1 aromatic carbocycles. The van der Waals surface area contributed by atoms with Crippen LogP contribution in [0.25, 0.3) is 0 Å². The van der Waals surface area contributed by atoms with Crippen molar-refractivity contribution in [3.63, 3.8) is 0 Å². The molecule has 0 atom stereocenters. The fourth-order valence-electron chi connectivity index (χ4n) is 1.55. The number of thiazole rings is 1. The molecule has 0 aliphatic carbocycles. The quantitative estimate of drug-likeness (QED) is 0.937. The average molecular weight is 296 g/mol. The summed E-state index contributed by atoms with van der Waals surface area (Å²) < 4.78 is 0. The molecular weight excluding hydrogens is 282 g/mol. The minimum absolute atomic E-state index is 0.173. The number of carbonyl (C=O) groups is 1. The summed E-state index contributed by atoms with van der Waals surface area (Å²) in [5.74, 6) is 0. The Labute approximate surface area is 121 Å². The van der Waals surface area contributed by atoms with E-state index in [0.29, 0.717) is 11.6 Å². The van der Waals surface area contributed by atoms with Crippen molar-refractivity contribution in [2.24, 2.45) is 0 Å². The van der Waals surface area contributed by atoms with Gasteiger partial charge in [0.2, 0.25) is 0 Å². The lowest BCUT2D eigenvalue weighted by atomic mass is 10.3. The Morgan fingerprint density at radius 3 is 2.68 bits per heavy atom. The number of nitrogens with one attached hydrogen (secondary N) is 1. The van der Waals surface area contributed by atoms with Gasteiger partial charge in [0, 0.05) is 23.1 Å². The molecule has 1 aromatic heterocycles. The third-order valence-corrected chi connectivity index (χ3v) is 3.58. The van der Waals surface area contributed by atoms with Crippen molar-refractivity contribution in [1.82, 2.24) is 9.88 Å². The Kier molecular flexibility index (Phi) is 4.39. The van der Waals surface area contributed by atoms with Gasteiger partial charge in [0.05, 0.1) is 17.2 Å². The van der Waals surface area contributed by atoms with Crippen LogP contribution in [0.4, 0.5) is 10.5 Å². The first-order chi connectivity index (χ1) is 9.04. The number of rotatable bonds is 3. The van der Waals surface area contributed by atoms with E-state index in [0.717, 1.165) is 16.4 Å². The van der Waals surface area contributed by atoms with E-state index in [-0.39, 0.29) is 6.03 Å². The molecule has 0 fully saturated rings. The molecule has 100 valence electrons. The van der Waals surface area contributed by atoms with Gasteiger partial charge in [-0.3, -0.25) is 0 Å². The molecule has 2 rings (SSSR count). The summed E-state index contributed by atoms with van der Waals surface area (Å²) in [6, 6.07) is 6.83. The summed E-state index contributed by atoms with van der Waals surface area (Å²) in [6.45, 7) is 2.44. The van der Waals surface area contributed by atoms with E-state index in [1.54, 1.807) is 47.5 Å². The van der Waals surface area contributed by atoms with Crippen LogP contribution in [-0.4, -0.2) is 23.0 Å². The number of urea groups is 1. The second-order valence-electron chi connectivity index (χ2n) is 4.15. The monoisotopic (exact) mass is 295 g/mol. The third kappa shape index (κ3) is 3.94. The summed E-state index contributed by atoms with van der Waals surface area (Å²) in [5.41, 5.74) is 1.62. The van der Waals surface area contributed by atoms with E-state index in [1.807, 2.05) is 12.3 Å². The molecule has 2 aromatic rings. The van der Waals surface area contributed by atoms with E-state index in [2.05, 4.69) is 10.3 Å². The van der Waals surface area contributed by atoms with E-state index < -0.39 is 0 Å². The molecule has 1 N–H and O–H groups in total. The summed E-state index contributed by atoms with van der Waals surface area (Å²) in [5, 5.41) is 6.40. The highest BCUT2D eigenvalue weighted by atomic mass is 35.5. The van der Waals surface area contributed by atoms with Gasteiger partial charge >= 0.3 is 6.03 Å². The zero-order valence-electron chi connectivity index (χ0n) is 10.7. The van der Waals surface area contributed by atoms with Gasteiger partial charge in [0.15, 0.2) is 0 Å².